The van der Waals surface area contributed by atoms with Crippen LogP contribution < -0.4 is 31.1 Å². The average molecular weight is 1070 g/mol. The number of para-hydroxylation sites is 1. The van der Waals surface area contributed by atoms with Crippen molar-refractivity contribution in [1.82, 2.24) is 0 Å². The molecule has 0 radical (unpaired) electrons. The van der Waals surface area contributed by atoms with Crippen molar-refractivity contribution < 1.29 is 4.42 Å². The number of benzene rings is 9. The van der Waals surface area contributed by atoms with Gasteiger partial charge in [0.25, 0.3) is 6.71 Å². The summed E-state index contributed by atoms with van der Waals surface area (Å²) < 4.78 is 6.58. The molecule has 1 saturated carbocycles. The fourth-order valence-corrected chi connectivity index (χ4v) is 16.2. The lowest BCUT2D eigenvalue weighted by Crippen LogP contribution is -2.62. The molecule has 0 bridgehead atoms. The molecule has 0 amide bonds. The summed E-state index contributed by atoms with van der Waals surface area (Å²) in [5.41, 5.74) is 28.5. The first kappa shape index (κ1) is 51.1. The fourth-order valence-electron chi connectivity index (χ4n) is 16.2. The van der Waals surface area contributed by atoms with Crippen molar-refractivity contribution in [2.75, 3.05) is 14.7 Å². The van der Waals surface area contributed by atoms with Gasteiger partial charge >= 0.3 is 0 Å². The molecule has 15 rings (SSSR count). The zero-order chi connectivity index (χ0) is 56.8. The highest BCUT2D eigenvalue weighted by molar-refractivity contribution is 7.00. The Morgan fingerprint density at radius 1 is 0.439 bits per heavy atom. The summed E-state index contributed by atoms with van der Waals surface area (Å²) in [5, 5.41) is 2.25. The van der Waals surface area contributed by atoms with Crippen LogP contribution in [-0.2, 0) is 27.1 Å². The molecule has 408 valence electrons. The molecule has 4 heterocycles. The van der Waals surface area contributed by atoms with E-state index in [1.807, 2.05) is 0 Å². The summed E-state index contributed by atoms with van der Waals surface area (Å²) in [6.07, 6.45) is 4.77. The molecule has 0 spiro atoms. The Hall–Kier alpha value is -7.76. The monoisotopic (exact) mass is 1070 g/mol. The number of rotatable bonds is 4. The second kappa shape index (κ2) is 17.2. The van der Waals surface area contributed by atoms with Crippen molar-refractivity contribution in [2.45, 2.75) is 148 Å². The third kappa shape index (κ3) is 7.04. The number of nitrogens with zero attached hydrogens (tertiary/aromatic N) is 3. The number of anilines is 8. The van der Waals surface area contributed by atoms with E-state index >= 15 is 0 Å². The Labute approximate surface area is 486 Å². The topological polar surface area (TPSA) is 22.9 Å². The quantitative estimate of drug-likeness (QED) is 0.164. The molecule has 10 aromatic rings. The minimum Gasteiger partial charge on any atom is -0.456 e. The van der Waals surface area contributed by atoms with Crippen LogP contribution in [0, 0.1) is 6.92 Å². The van der Waals surface area contributed by atoms with E-state index < -0.39 is 0 Å². The summed E-state index contributed by atoms with van der Waals surface area (Å²) in [6.45, 7) is 31.3. The highest BCUT2D eigenvalue weighted by Crippen LogP contribution is 2.62. The maximum atomic E-state index is 6.58. The fraction of sp³-hybridized carbons (Fsp3) is 0.299. The average Bonchev–Trinajstić information content (AvgIpc) is 2.50. The van der Waals surface area contributed by atoms with E-state index in [2.05, 4.69) is 281 Å². The van der Waals surface area contributed by atoms with Gasteiger partial charge in [0.2, 0.25) is 0 Å². The Morgan fingerprint density at radius 2 is 1.04 bits per heavy atom. The molecule has 5 heteroatoms. The Kier molecular flexibility index (Phi) is 10.7. The van der Waals surface area contributed by atoms with Gasteiger partial charge in [-0.15, -0.1) is 0 Å². The number of fused-ring (bicyclic) bond motifs is 12. The van der Waals surface area contributed by atoms with E-state index in [0.717, 1.165) is 34.0 Å². The van der Waals surface area contributed by atoms with Gasteiger partial charge in [0.1, 0.15) is 11.2 Å². The predicted octanol–water partition coefficient (Wildman–Crippen LogP) is 18.9. The molecule has 9 aromatic carbocycles. The highest BCUT2D eigenvalue weighted by Gasteiger charge is 2.58. The lowest BCUT2D eigenvalue weighted by molar-refractivity contribution is 0.195. The predicted molar refractivity (Wildman–Crippen MR) is 349 cm³/mol. The van der Waals surface area contributed by atoms with Crippen LogP contribution >= 0.6 is 0 Å². The maximum Gasteiger partial charge on any atom is 0.252 e. The molecule has 2 aliphatic carbocycles. The third-order valence-corrected chi connectivity index (χ3v) is 21.0. The van der Waals surface area contributed by atoms with Crippen LogP contribution in [0.5, 0.6) is 0 Å². The lowest BCUT2D eigenvalue weighted by atomic mass is 9.33. The van der Waals surface area contributed by atoms with Crippen molar-refractivity contribution in [3.8, 4) is 11.1 Å². The minimum atomic E-state index is -0.256. The van der Waals surface area contributed by atoms with E-state index in [1.165, 1.54) is 131 Å². The van der Waals surface area contributed by atoms with E-state index in [0.29, 0.717) is 0 Å². The number of aryl methyl sites for hydroxylation is 1. The Morgan fingerprint density at radius 3 is 1.76 bits per heavy atom. The van der Waals surface area contributed by atoms with Gasteiger partial charge in [-0.25, -0.2) is 0 Å². The Balaban J connectivity index is 1.05. The molecule has 1 fully saturated rings. The van der Waals surface area contributed by atoms with Gasteiger partial charge in [-0.1, -0.05) is 192 Å². The van der Waals surface area contributed by atoms with Gasteiger partial charge in [-0.3, -0.25) is 0 Å². The number of hydrogen-bond donors (Lipinski definition) is 0. The zero-order valence-corrected chi connectivity index (χ0v) is 50.4. The molecule has 3 aliphatic heterocycles. The van der Waals surface area contributed by atoms with Crippen molar-refractivity contribution >= 4 is 90.5 Å². The summed E-state index contributed by atoms with van der Waals surface area (Å²) in [6, 6.07) is 68.5. The molecular weight excluding hydrogens is 994 g/mol. The summed E-state index contributed by atoms with van der Waals surface area (Å²) >= 11 is 0. The third-order valence-electron chi connectivity index (χ3n) is 21.0. The second-order valence-corrected chi connectivity index (χ2v) is 28.6. The van der Waals surface area contributed by atoms with E-state index in [1.54, 1.807) is 0 Å². The van der Waals surface area contributed by atoms with E-state index in [4.69, 9.17) is 4.42 Å². The van der Waals surface area contributed by atoms with Crippen molar-refractivity contribution in [1.29, 1.82) is 0 Å². The van der Waals surface area contributed by atoms with Crippen LogP contribution in [-0.4, -0.2) is 12.3 Å². The first-order valence-electron chi connectivity index (χ1n) is 30.3. The molecule has 0 saturated heterocycles. The SMILES string of the molecule is Cc1cc2c3c(c1)N(c1ccc(C(C)(C)C)cc1-c1ccccc1)c1cc4c(cc1B3c1ccc(N3c5ccc(C(C)(C)C)cc5C5(C)CCCCC35C)cc1N2c1ccc2oc3ccccc3c2c1)C(C)(C)c1ccccc1C4(C)C. The Bertz CT molecular complexity index is 4340. The van der Waals surface area contributed by atoms with Gasteiger partial charge in [0.05, 0.1) is 11.2 Å². The van der Waals surface area contributed by atoms with Crippen LogP contribution in [0.1, 0.15) is 153 Å². The highest BCUT2D eigenvalue weighted by atomic mass is 16.3. The molecule has 1 aromatic heterocycles. The summed E-state index contributed by atoms with van der Waals surface area (Å²) in [7, 11) is 0. The van der Waals surface area contributed by atoms with Crippen molar-refractivity contribution in [3.63, 3.8) is 0 Å². The summed E-state index contributed by atoms with van der Waals surface area (Å²) in [5.74, 6) is 0. The minimum absolute atomic E-state index is 0.0167. The van der Waals surface area contributed by atoms with Crippen LogP contribution in [0.25, 0.3) is 33.1 Å². The van der Waals surface area contributed by atoms with Crippen LogP contribution in [0.3, 0.4) is 0 Å². The second-order valence-electron chi connectivity index (χ2n) is 28.6. The maximum absolute atomic E-state index is 6.58. The van der Waals surface area contributed by atoms with Crippen LogP contribution in [0.4, 0.5) is 45.5 Å². The van der Waals surface area contributed by atoms with Gasteiger partial charge in [-0.05, 0) is 177 Å². The van der Waals surface area contributed by atoms with E-state index in [9.17, 15) is 0 Å². The van der Waals surface area contributed by atoms with Gasteiger partial charge in [0, 0.05) is 72.4 Å². The van der Waals surface area contributed by atoms with Crippen molar-refractivity contribution in [2.24, 2.45) is 0 Å². The van der Waals surface area contributed by atoms with Crippen molar-refractivity contribution in [3.05, 3.63) is 220 Å². The first-order chi connectivity index (χ1) is 39.1. The van der Waals surface area contributed by atoms with Gasteiger partial charge in [-0.2, -0.15) is 0 Å². The molecule has 0 N–H and O–H groups in total. The molecular formula is C77H76BN3O. The van der Waals surface area contributed by atoms with Crippen LogP contribution in [0.15, 0.2) is 180 Å². The molecule has 2 atom stereocenters. The molecule has 82 heavy (non-hydrogen) atoms. The first-order valence-corrected chi connectivity index (χ1v) is 30.3. The largest absolute Gasteiger partial charge is 0.456 e. The van der Waals surface area contributed by atoms with E-state index in [-0.39, 0.29) is 39.3 Å². The zero-order valence-electron chi connectivity index (χ0n) is 50.4. The molecule has 5 aliphatic rings. The van der Waals surface area contributed by atoms with Gasteiger partial charge < -0.3 is 19.1 Å². The number of hydrogen-bond acceptors (Lipinski definition) is 4. The number of furan rings is 1. The standard InChI is InChI=1S/C77H76BN3O/c1-47-39-67-71-68(40-47)80(63-34-29-49(72(2,3)4)41-54(63)48-23-15-14-16-24-48)66-46-59-58(74(8,9)56-26-18-19-27-57(56)75(59,10)11)45-62(66)78(71)61-33-31-52(44-65(61)79(67)51-32-36-70-55(43-51)53-25-17-20-28-69(53)82-70)81-64-35-30-50(73(5,6)7)42-60(64)76(12)37-21-22-38-77(76,81)13/h14-20,23-36,39-46H,21-22,37-38H2,1-13H3. The summed E-state index contributed by atoms with van der Waals surface area (Å²) in [4.78, 5) is 8.10. The normalized spacial score (nSPS) is 20.0. The smallest absolute Gasteiger partial charge is 0.252 e. The van der Waals surface area contributed by atoms with Crippen LogP contribution in [0.2, 0.25) is 0 Å². The molecule has 2 unspecified atom stereocenters. The lowest BCUT2D eigenvalue weighted by Gasteiger charge is -2.51. The van der Waals surface area contributed by atoms with Gasteiger partial charge in [0.15, 0.2) is 0 Å². The molecule has 4 nitrogen and oxygen atoms in total.